The summed E-state index contributed by atoms with van der Waals surface area (Å²) in [6.45, 7) is 3.66. The van der Waals surface area contributed by atoms with Gasteiger partial charge in [0.1, 0.15) is 0 Å². The van der Waals surface area contributed by atoms with Crippen molar-refractivity contribution in [3.63, 3.8) is 0 Å². The van der Waals surface area contributed by atoms with Gasteiger partial charge in [-0.25, -0.2) is 0 Å². The van der Waals surface area contributed by atoms with Crippen molar-refractivity contribution in [3.05, 3.63) is 22.2 Å². The number of aliphatic hydroxyl groups is 1. The number of halogens is 1. The molecule has 1 N–H and O–H groups in total. The Kier molecular flexibility index (Phi) is 4.44. The molecule has 1 aromatic carbocycles. The predicted molar refractivity (Wildman–Crippen MR) is 64.7 cm³/mol. The Bertz CT molecular complexity index is 375. The van der Waals surface area contributed by atoms with Gasteiger partial charge in [-0.1, -0.05) is 11.6 Å². The summed E-state index contributed by atoms with van der Waals surface area (Å²) in [4.78, 5) is 0. The maximum Gasteiger partial charge on any atom is 0.179 e. The number of hydrogen-bond donors (Lipinski definition) is 1. The third kappa shape index (κ3) is 2.60. The molecular weight excluding hydrogens is 228 g/mol. The SMILES string of the molecule is COc1cc(C)c(CC(C)O)c(Cl)c1OC. The van der Waals surface area contributed by atoms with E-state index in [9.17, 15) is 5.11 Å². The second-order valence-corrected chi connectivity index (χ2v) is 4.15. The van der Waals surface area contributed by atoms with Gasteiger partial charge in [0.2, 0.25) is 0 Å². The van der Waals surface area contributed by atoms with Crippen LogP contribution in [-0.4, -0.2) is 25.4 Å². The zero-order valence-electron chi connectivity index (χ0n) is 10.0. The van der Waals surface area contributed by atoms with E-state index < -0.39 is 6.10 Å². The minimum absolute atomic E-state index is 0.436. The van der Waals surface area contributed by atoms with Crippen LogP contribution in [0.3, 0.4) is 0 Å². The van der Waals surface area contributed by atoms with Crippen LogP contribution in [0.1, 0.15) is 18.1 Å². The quantitative estimate of drug-likeness (QED) is 0.885. The Labute approximate surface area is 101 Å². The molecule has 3 nitrogen and oxygen atoms in total. The van der Waals surface area contributed by atoms with Crippen LogP contribution in [-0.2, 0) is 6.42 Å². The maximum atomic E-state index is 9.41. The number of benzene rings is 1. The van der Waals surface area contributed by atoms with E-state index in [1.807, 2.05) is 13.0 Å². The summed E-state index contributed by atoms with van der Waals surface area (Å²) in [5.74, 6) is 1.13. The van der Waals surface area contributed by atoms with E-state index in [0.717, 1.165) is 11.1 Å². The average Bonchev–Trinajstić information content (AvgIpc) is 2.23. The molecule has 0 aliphatic rings. The molecule has 0 radical (unpaired) electrons. The van der Waals surface area contributed by atoms with Crippen LogP contribution in [0.5, 0.6) is 11.5 Å². The Morgan fingerprint density at radius 3 is 2.44 bits per heavy atom. The molecule has 0 bridgehead atoms. The average molecular weight is 245 g/mol. The summed E-state index contributed by atoms with van der Waals surface area (Å²) in [6, 6.07) is 1.86. The molecule has 1 atom stereocenters. The lowest BCUT2D eigenvalue weighted by molar-refractivity contribution is 0.195. The van der Waals surface area contributed by atoms with E-state index in [0.29, 0.717) is 22.9 Å². The summed E-state index contributed by atoms with van der Waals surface area (Å²) in [7, 11) is 3.12. The molecule has 0 heterocycles. The van der Waals surface area contributed by atoms with Crippen molar-refractivity contribution in [3.8, 4) is 11.5 Å². The molecule has 0 aliphatic heterocycles. The molecule has 1 unspecified atom stereocenters. The molecule has 0 saturated heterocycles. The molecule has 90 valence electrons. The van der Waals surface area contributed by atoms with Crippen LogP contribution in [0.15, 0.2) is 6.07 Å². The third-order valence-electron chi connectivity index (χ3n) is 2.44. The summed E-state index contributed by atoms with van der Waals surface area (Å²) in [5, 5.41) is 9.93. The topological polar surface area (TPSA) is 38.7 Å². The second-order valence-electron chi connectivity index (χ2n) is 3.77. The standard InChI is InChI=1S/C12H17ClO3/c1-7-5-10(15-3)12(16-4)11(13)9(7)6-8(2)14/h5,8,14H,6H2,1-4H3. The highest BCUT2D eigenvalue weighted by molar-refractivity contribution is 6.33. The Balaban J connectivity index is 3.29. The number of aliphatic hydroxyl groups excluding tert-OH is 1. The van der Waals surface area contributed by atoms with Crippen molar-refractivity contribution in [2.45, 2.75) is 26.4 Å². The van der Waals surface area contributed by atoms with Gasteiger partial charge in [0.05, 0.1) is 25.3 Å². The van der Waals surface area contributed by atoms with Crippen molar-refractivity contribution in [2.24, 2.45) is 0 Å². The van der Waals surface area contributed by atoms with E-state index in [-0.39, 0.29) is 0 Å². The summed E-state index contributed by atoms with van der Waals surface area (Å²) in [6.07, 6.45) is 0.0691. The van der Waals surface area contributed by atoms with E-state index >= 15 is 0 Å². The maximum absolute atomic E-state index is 9.41. The van der Waals surface area contributed by atoms with Crippen LogP contribution < -0.4 is 9.47 Å². The van der Waals surface area contributed by atoms with Gasteiger partial charge in [-0.15, -0.1) is 0 Å². The molecule has 0 amide bonds. The third-order valence-corrected chi connectivity index (χ3v) is 2.84. The van der Waals surface area contributed by atoms with Crippen molar-refractivity contribution < 1.29 is 14.6 Å². The highest BCUT2D eigenvalue weighted by Crippen LogP contribution is 2.39. The van der Waals surface area contributed by atoms with Gasteiger partial charge in [0.25, 0.3) is 0 Å². The summed E-state index contributed by atoms with van der Waals surface area (Å²) in [5.41, 5.74) is 1.89. The molecular formula is C12H17ClO3. The van der Waals surface area contributed by atoms with Gasteiger partial charge in [-0.3, -0.25) is 0 Å². The number of hydrogen-bond acceptors (Lipinski definition) is 3. The van der Waals surface area contributed by atoms with Gasteiger partial charge >= 0.3 is 0 Å². The minimum atomic E-state index is -0.436. The van der Waals surface area contributed by atoms with Crippen molar-refractivity contribution in [2.75, 3.05) is 14.2 Å². The molecule has 0 saturated carbocycles. The first kappa shape index (κ1) is 13.1. The summed E-state index contributed by atoms with van der Waals surface area (Å²) < 4.78 is 10.4. The normalized spacial score (nSPS) is 12.4. The zero-order valence-corrected chi connectivity index (χ0v) is 10.8. The molecule has 1 aromatic rings. The molecule has 16 heavy (non-hydrogen) atoms. The Morgan fingerprint density at radius 2 is 2.00 bits per heavy atom. The molecule has 0 spiro atoms. The fourth-order valence-corrected chi connectivity index (χ4v) is 2.05. The van der Waals surface area contributed by atoms with E-state index in [4.69, 9.17) is 21.1 Å². The fourth-order valence-electron chi connectivity index (χ4n) is 1.66. The first-order chi connectivity index (χ1) is 7.51. The van der Waals surface area contributed by atoms with Gasteiger partial charge in [-0.05, 0) is 37.5 Å². The minimum Gasteiger partial charge on any atom is -0.493 e. The van der Waals surface area contributed by atoms with Gasteiger partial charge in [0, 0.05) is 0 Å². The van der Waals surface area contributed by atoms with E-state index in [1.165, 1.54) is 0 Å². The van der Waals surface area contributed by atoms with Crippen LogP contribution in [0.25, 0.3) is 0 Å². The number of ether oxygens (including phenoxy) is 2. The lowest BCUT2D eigenvalue weighted by Gasteiger charge is -2.16. The first-order valence-electron chi connectivity index (χ1n) is 5.09. The van der Waals surface area contributed by atoms with Gasteiger partial charge in [0.15, 0.2) is 11.5 Å². The highest BCUT2D eigenvalue weighted by atomic mass is 35.5. The van der Waals surface area contributed by atoms with Crippen molar-refractivity contribution in [1.82, 2.24) is 0 Å². The number of rotatable bonds is 4. The molecule has 4 heteroatoms. The van der Waals surface area contributed by atoms with Crippen LogP contribution >= 0.6 is 11.6 Å². The number of aryl methyl sites for hydroxylation is 1. The van der Waals surface area contributed by atoms with Crippen molar-refractivity contribution >= 4 is 11.6 Å². The van der Waals surface area contributed by atoms with Crippen LogP contribution in [0.2, 0.25) is 5.02 Å². The van der Waals surface area contributed by atoms with Crippen LogP contribution in [0, 0.1) is 6.92 Å². The lowest BCUT2D eigenvalue weighted by Crippen LogP contribution is -2.07. The lowest BCUT2D eigenvalue weighted by atomic mass is 10.0. The van der Waals surface area contributed by atoms with Crippen molar-refractivity contribution in [1.29, 1.82) is 0 Å². The molecule has 0 fully saturated rings. The van der Waals surface area contributed by atoms with E-state index in [2.05, 4.69) is 0 Å². The first-order valence-corrected chi connectivity index (χ1v) is 5.47. The van der Waals surface area contributed by atoms with Gasteiger partial charge < -0.3 is 14.6 Å². The smallest absolute Gasteiger partial charge is 0.179 e. The second kappa shape index (κ2) is 5.41. The molecule has 0 aliphatic carbocycles. The fraction of sp³-hybridized carbons (Fsp3) is 0.500. The molecule has 1 rings (SSSR count). The highest BCUT2D eigenvalue weighted by Gasteiger charge is 2.17. The Morgan fingerprint density at radius 1 is 1.38 bits per heavy atom. The zero-order chi connectivity index (χ0) is 12.3. The van der Waals surface area contributed by atoms with E-state index in [1.54, 1.807) is 21.1 Å². The monoisotopic (exact) mass is 244 g/mol. The predicted octanol–water partition coefficient (Wildman–Crippen LogP) is 2.59. The van der Waals surface area contributed by atoms with Gasteiger partial charge in [-0.2, -0.15) is 0 Å². The molecule has 0 aromatic heterocycles. The summed E-state index contributed by atoms with van der Waals surface area (Å²) >= 11 is 6.23. The number of methoxy groups -OCH3 is 2. The van der Waals surface area contributed by atoms with Crippen LogP contribution in [0.4, 0.5) is 0 Å². The largest absolute Gasteiger partial charge is 0.493 e. The Hall–Kier alpha value is -0.930.